The maximum absolute atomic E-state index is 13.4. The molecule has 0 aliphatic carbocycles. The smallest absolute Gasteiger partial charge is 0.262 e. The van der Waals surface area contributed by atoms with Crippen LogP contribution in [0.4, 0.5) is 0 Å². The third-order valence-corrected chi connectivity index (χ3v) is 10.4. The molecule has 2 fully saturated rings. The molecule has 2 aromatic carbocycles. The van der Waals surface area contributed by atoms with Gasteiger partial charge in [-0.1, -0.05) is 54.1 Å². The van der Waals surface area contributed by atoms with Crippen molar-refractivity contribution in [2.45, 2.75) is 57.8 Å². The third-order valence-electron chi connectivity index (χ3n) is 9.97. The largest absolute Gasteiger partial charge is 0.481 e. The van der Waals surface area contributed by atoms with Crippen LogP contribution in [0.5, 0.6) is 5.88 Å². The molecule has 5 heterocycles. The van der Waals surface area contributed by atoms with Crippen molar-refractivity contribution in [3.05, 3.63) is 105 Å². The van der Waals surface area contributed by atoms with Gasteiger partial charge in [0.25, 0.3) is 5.56 Å². The Bertz CT molecular complexity index is 2220. The Balaban J connectivity index is 1.11. The van der Waals surface area contributed by atoms with Gasteiger partial charge in [-0.3, -0.25) is 23.7 Å². The van der Waals surface area contributed by atoms with Gasteiger partial charge in [0.05, 0.1) is 23.4 Å². The number of methoxy groups -OCH3 is 1. The van der Waals surface area contributed by atoms with E-state index < -0.39 is 0 Å². The number of carbonyl (C=O) groups is 2. The maximum atomic E-state index is 13.4. The van der Waals surface area contributed by atoms with Crippen molar-refractivity contribution in [2.75, 3.05) is 27.2 Å². The van der Waals surface area contributed by atoms with Gasteiger partial charge in [-0.15, -0.1) is 0 Å². The van der Waals surface area contributed by atoms with Crippen molar-refractivity contribution in [3.63, 3.8) is 0 Å². The Kier molecular flexibility index (Phi) is 10.4. The van der Waals surface area contributed by atoms with Crippen molar-refractivity contribution in [3.8, 4) is 39.4 Å². The van der Waals surface area contributed by atoms with E-state index in [1.165, 1.54) is 0 Å². The third kappa shape index (κ3) is 7.43. The highest BCUT2D eigenvalue weighted by molar-refractivity contribution is 6.36. The van der Waals surface area contributed by atoms with Crippen LogP contribution >= 0.6 is 11.6 Å². The normalized spacial score (nSPS) is 17.2. The number of likely N-dealkylation sites (N-methyl/N-ethyl adjacent to an activating group) is 1. The van der Waals surface area contributed by atoms with Crippen LogP contribution in [0.1, 0.15) is 42.4 Å². The summed E-state index contributed by atoms with van der Waals surface area (Å²) in [5.74, 6) is 0.697. The van der Waals surface area contributed by atoms with Crippen LogP contribution in [-0.2, 0) is 22.7 Å². The summed E-state index contributed by atoms with van der Waals surface area (Å²) in [7, 11) is 3.56. The molecular formula is C40H42ClN7O4. The summed E-state index contributed by atoms with van der Waals surface area (Å²) in [4.78, 5) is 48.1. The van der Waals surface area contributed by atoms with Gasteiger partial charge in [0.2, 0.25) is 17.7 Å². The summed E-state index contributed by atoms with van der Waals surface area (Å²) >= 11 is 7.15. The number of pyridine rings is 2. The average Bonchev–Trinajstić information content (AvgIpc) is 3.76. The second kappa shape index (κ2) is 15.2. The first-order valence-electron chi connectivity index (χ1n) is 17.6. The summed E-state index contributed by atoms with van der Waals surface area (Å²) in [6.45, 7) is 4.43. The molecule has 0 saturated carbocycles. The quantitative estimate of drug-likeness (QED) is 0.162. The van der Waals surface area contributed by atoms with E-state index in [2.05, 4.69) is 40.0 Å². The van der Waals surface area contributed by atoms with Gasteiger partial charge in [-0.2, -0.15) is 0 Å². The number of hydrogen-bond donors (Lipinski definition) is 3. The molecule has 0 unspecified atom stereocenters. The molecule has 52 heavy (non-hydrogen) atoms. The van der Waals surface area contributed by atoms with E-state index in [9.17, 15) is 14.4 Å². The number of carbonyl (C=O) groups excluding carboxylic acids is 2. The predicted molar refractivity (Wildman–Crippen MR) is 202 cm³/mol. The number of aromatic nitrogens is 3. The van der Waals surface area contributed by atoms with Gasteiger partial charge >= 0.3 is 0 Å². The van der Waals surface area contributed by atoms with Gasteiger partial charge in [0.1, 0.15) is 5.65 Å². The molecule has 2 aliphatic rings. The highest BCUT2D eigenvalue weighted by Gasteiger charge is 2.23. The van der Waals surface area contributed by atoms with Crippen LogP contribution in [-0.4, -0.2) is 70.4 Å². The van der Waals surface area contributed by atoms with Crippen molar-refractivity contribution in [2.24, 2.45) is 0 Å². The van der Waals surface area contributed by atoms with E-state index in [0.717, 1.165) is 51.8 Å². The van der Waals surface area contributed by atoms with Crippen LogP contribution in [0.15, 0.2) is 77.9 Å². The number of benzene rings is 2. The lowest BCUT2D eigenvalue weighted by Gasteiger charge is -2.20. The van der Waals surface area contributed by atoms with E-state index in [1.807, 2.05) is 60.5 Å². The molecule has 11 nitrogen and oxygen atoms in total. The fraction of sp³-hybridized carbons (Fsp3) is 0.325. The molecule has 3 N–H and O–H groups in total. The highest BCUT2D eigenvalue weighted by atomic mass is 35.5. The molecule has 2 amide bonds. The molecule has 0 bridgehead atoms. The Hall–Kier alpha value is -5.10. The van der Waals surface area contributed by atoms with Crippen LogP contribution in [0.3, 0.4) is 0 Å². The number of fused-ring (bicyclic) bond motifs is 1. The van der Waals surface area contributed by atoms with E-state index in [-0.39, 0.29) is 29.5 Å². The lowest BCUT2D eigenvalue weighted by molar-refractivity contribution is -0.120. The molecule has 2 atom stereocenters. The molecule has 7 rings (SSSR count). The molecule has 12 heteroatoms. The zero-order valence-corrected chi connectivity index (χ0v) is 30.3. The minimum absolute atomic E-state index is 0.0808. The number of nitrogens with one attached hydrogen (secondary N) is 3. The minimum atomic E-state index is -0.110. The monoisotopic (exact) mass is 719 g/mol. The summed E-state index contributed by atoms with van der Waals surface area (Å²) in [5.41, 5.74) is 8.30. The maximum Gasteiger partial charge on any atom is 0.262 e. The van der Waals surface area contributed by atoms with Crippen molar-refractivity contribution < 1.29 is 14.3 Å². The summed E-state index contributed by atoms with van der Waals surface area (Å²) in [5, 5.41) is 9.95. The van der Waals surface area contributed by atoms with E-state index in [0.29, 0.717) is 66.8 Å². The van der Waals surface area contributed by atoms with Gasteiger partial charge in [0.15, 0.2) is 0 Å². The standard InChI is InChI=1S/C40H42ClN7O4/c1-24-30(25-16-17-48-35(18-25)43-20-27(40(48)51)22-47(2)23-29-12-15-37(50)45-29)6-4-7-31(24)32-8-5-9-33(38(32)41)34-13-10-26(39(46-34)52-3)19-42-21-28-11-14-36(49)44-28/h4-10,13,16-18,20,28-29,42H,11-12,14-15,19,21-23H2,1-3H3,(H,44,49)(H,45,50)/t28-,29+/m0/s1. The van der Waals surface area contributed by atoms with Crippen molar-refractivity contribution in [1.82, 2.24) is 35.2 Å². The average molecular weight is 720 g/mol. The molecule has 5 aromatic rings. The van der Waals surface area contributed by atoms with E-state index in [1.54, 1.807) is 23.9 Å². The second-order valence-electron chi connectivity index (χ2n) is 13.7. The number of rotatable bonds is 12. The topological polar surface area (TPSA) is 130 Å². The van der Waals surface area contributed by atoms with E-state index >= 15 is 0 Å². The Morgan fingerprint density at radius 2 is 1.63 bits per heavy atom. The molecule has 3 aromatic heterocycles. The van der Waals surface area contributed by atoms with Crippen LogP contribution in [0.25, 0.3) is 39.2 Å². The van der Waals surface area contributed by atoms with Gasteiger partial charge in [-0.25, -0.2) is 9.97 Å². The lowest BCUT2D eigenvalue weighted by Crippen LogP contribution is -2.37. The van der Waals surface area contributed by atoms with Gasteiger partial charge in [0, 0.05) is 80.2 Å². The highest BCUT2D eigenvalue weighted by Crippen LogP contribution is 2.40. The first-order chi connectivity index (χ1) is 25.2. The lowest BCUT2D eigenvalue weighted by atomic mass is 9.92. The number of amides is 2. The summed E-state index contributed by atoms with van der Waals surface area (Å²) in [6.07, 6.45) is 6.21. The first-order valence-corrected chi connectivity index (χ1v) is 18.0. The summed E-state index contributed by atoms with van der Waals surface area (Å²) < 4.78 is 7.25. The Morgan fingerprint density at radius 3 is 2.37 bits per heavy atom. The molecule has 2 saturated heterocycles. The number of halogens is 1. The Morgan fingerprint density at radius 1 is 0.923 bits per heavy atom. The van der Waals surface area contributed by atoms with Crippen LogP contribution in [0, 0.1) is 6.92 Å². The van der Waals surface area contributed by atoms with Crippen molar-refractivity contribution >= 4 is 29.1 Å². The number of nitrogens with zero attached hydrogens (tertiary/aromatic N) is 4. The fourth-order valence-corrected chi connectivity index (χ4v) is 7.58. The second-order valence-corrected chi connectivity index (χ2v) is 14.1. The van der Waals surface area contributed by atoms with Gasteiger partial charge in [-0.05, 0) is 67.3 Å². The molecule has 268 valence electrons. The van der Waals surface area contributed by atoms with Gasteiger partial charge < -0.3 is 20.7 Å². The fourth-order valence-electron chi connectivity index (χ4n) is 7.25. The van der Waals surface area contributed by atoms with E-state index in [4.69, 9.17) is 21.3 Å². The molecule has 0 radical (unpaired) electrons. The predicted octanol–water partition coefficient (Wildman–Crippen LogP) is 5.14. The minimum Gasteiger partial charge on any atom is -0.481 e. The zero-order valence-electron chi connectivity index (χ0n) is 29.5. The molecular weight excluding hydrogens is 678 g/mol. The van der Waals surface area contributed by atoms with Crippen molar-refractivity contribution in [1.29, 1.82) is 0 Å². The molecule has 0 spiro atoms. The van der Waals surface area contributed by atoms with Crippen LogP contribution in [0.2, 0.25) is 5.02 Å². The SMILES string of the molecule is COc1nc(-c2cccc(-c3cccc(-c4ccn5c(=O)c(CN(C)C[C@H]6CCC(=O)N6)cnc5c4)c3C)c2Cl)ccc1CNC[C@@H]1CCC(=O)N1. The summed E-state index contributed by atoms with van der Waals surface area (Å²) in [6, 6.07) is 20.1. The number of ether oxygens (including phenoxy) is 1. The zero-order chi connectivity index (χ0) is 36.4. The first kappa shape index (κ1) is 35.3. The number of hydrogen-bond acceptors (Lipinski definition) is 8. The Labute approximate surface area is 307 Å². The van der Waals surface area contributed by atoms with Crippen LogP contribution < -0.4 is 26.2 Å². The molecule has 2 aliphatic heterocycles.